The molecule has 0 saturated carbocycles. The Kier molecular flexibility index (Phi) is 5.18. The maximum Gasteiger partial charge on any atom is 0.416 e. The third kappa shape index (κ3) is 3.33. The van der Waals surface area contributed by atoms with Crippen molar-refractivity contribution in [3.8, 4) is 0 Å². The number of halogens is 5. The van der Waals surface area contributed by atoms with Gasteiger partial charge in [0.25, 0.3) is 0 Å². The fourth-order valence-electron chi connectivity index (χ4n) is 1.22. The SMILES string of the molecule is Cl.NC[C@H](N)c1ccc(F)cc1C(F)(F)F. The fraction of sp³-hybridized carbons (Fsp3) is 0.333. The Balaban J connectivity index is 0.00000225. The van der Waals surface area contributed by atoms with Crippen LogP contribution in [0.4, 0.5) is 17.6 Å². The third-order valence-electron chi connectivity index (χ3n) is 1.97. The topological polar surface area (TPSA) is 52.0 Å². The van der Waals surface area contributed by atoms with E-state index in [9.17, 15) is 17.6 Å². The molecule has 1 aromatic carbocycles. The molecule has 0 aliphatic carbocycles. The number of benzene rings is 1. The summed E-state index contributed by atoms with van der Waals surface area (Å²) in [4.78, 5) is 0. The van der Waals surface area contributed by atoms with E-state index >= 15 is 0 Å². The largest absolute Gasteiger partial charge is 0.416 e. The molecule has 0 aromatic heterocycles. The van der Waals surface area contributed by atoms with Gasteiger partial charge in [0, 0.05) is 12.6 Å². The first-order valence-electron chi connectivity index (χ1n) is 4.18. The van der Waals surface area contributed by atoms with E-state index in [1.165, 1.54) is 0 Å². The number of nitrogens with two attached hydrogens (primary N) is 2. The maximum absolute atomic E-state index is 12.7. The Hall–Kier alpha value is -0.850. The molecule has 0 amide bonds. The monoisotopic (exact) mass is 258 g/mol. The molecule has 0 aliphatic heterocycles. The van der Waals surface area contributed by atoms with Crippen molar-refractivity contribution in [3.05, 3.63) is 35.1 Å². The molecular formula is C9H11ClF4N2. The van der Waals surface area contributed by atoms with E-state index in [4.69, 9.17) is 11.5 Å². The molecule has 0 bridgehead atoms. The van der Waals surface area contributed by atoms with Gasteiger partial charge in [0.05, 0.1) is 5.56 Å². The van der Waals surface area contributed by atoms with E-state index in [0.29, 0.717) is 6.07 Å². The predicted octanol–water partition coefficient (Wildman–Crippen LogP) is 2.22. The van der Waals surface area contributed by atoms with Gasteiger partial charge in [0.15, 0.2) is 0 Å². The van der Waals surface area contributed by atoms with Crippen LogP contribution in [0.2, 0.25) is 0 Å². The van der Waals surface area contributed by atoms with Crippen LogP contribution >= 0.6 is 12.4 Å². The summed E-state index contributed by atoms with van der Waals surface area (Å²) in [5.74, 6) is -0.949. The molecule has 4 N–H and O–H groups in total. The van der Waals surface area contributed by atoms with E-state index in [1.54, 1.807) is 0 Å². The van der Waals surface area contributed by atoms with Gasteiger partial charge in [-0.15, -0.1) is 12.4 Å². The van der Waals surface area contributed by atoms with E-state index in [1.807, 2.05) is 0 Å². The van der Waals surface area contributed by atoms with Crippen molar-refractivity contribution in [1.82, 2.24) is 0 Å². The second kappa shape index (κ2) is 5.47. The highest BCUT2D eigenvalue weighted by molar-refractivity contribution is 5.85. The van der Waals surface area contributed by atoms with Gasteiger partial charge in [-0.2, -0.15) is 13.2 Å². The van der Waals surface area contributed by atoms with E-state index < -0.39 is 23.6 Å². The Labute approximate surface area is 96.0 Å². The van der Waals surface area contributed by atoms with Gasteiger partial charge in [-0.25, -0.2) is 4.39 Å². The van der Waals surface area contributed by atoms with Gasteiger partial charge in [-0.05, 0) is 17.7 Å². The summed E-state index contributed by atoms with van der Waals surface area (Å²) in [6.07, 6.45) is -4.62. The van der Waals surface area contributed by atoms with Gasteiger partial charge in [0.2, 0.25) is 0 Å². The van der Waals surface area contributed by atoms with Crippen molar-refractivity contribution in [1.29, 1.82) is 0 Å². The van der Waals surface area contributed by atoms with Crippen molar-refractivity contribution in [2.24, 2.45) is 11.5 Å². The van der Waals surface area contributed by atoms with Gasteiger partial charge in [-0.1, -0.05) is 6.07 Å². The molecule has 1 atom stereocenters. The Morgan fingerprint density at radius 1 is 1.25 bits per heavy atom. The van der Waals surface area contributed by atoms with Crippen molar-refractivity contribution < 1.29 is 17.6 Å². The molecule has 92 valence electrons. The minimum absolute atomic E-state index is 0. The summed E-state index contributed by atoms with van der Waals surface area (Å²) in [6.45, 7) is -0.130. The van der Waals surface area contributed by atoms with Crippen LogP contribution in [0.15, 0.2) is 18.2 Å². The van der Waals surface area contributed by atoms with Gasteiger partial charge in [-0.3, -0.25) is 0 Å². The summed E-state index contributed by atoms with van der Waals surface area (Å²) in [6, 6.07) is 1.42. The summed E-state index contributed by atoms with van der Waals surface area (Å²) < 4.78 is 50.1. The molecule has 0 radical (unpaired) electrons. The average Bonchev–Trinajstić information content (AvgIpc) is 2.15. The van der Waals surface area contributed by atoms with Crippen molar-refractivity contribution in [3.63, 3.8) is 0 Å². The van der Waals surface area contributed by atoms with Crippen LogP contribution in [-0.2, 0) is 6.18 Å². The predicted molar refractivity (Wildman–Crippen MR) is 54.6 cm³/mol. The van der Waals surface area contributed by atoms with Crippen molar-refractivity contribution in [2.75, 3.05) is 6.54 Å². The van der Waals surface area contributed by atoms with Crippen molar-refractivity contribution in [2.45, 2.75) is 12.2 Å². The lowest BCUT2D eigenvalue weighted by atomic mass is 10.0. The van der Waals surface area contributed by atoms with E-state index in [2.05, 4.69) is 0 Å². The molecule has 0 aliphatic rings. The zero-order chi connectivity index (χ0) is 11.6. The van der Waals surface area contributed by atoms with Crippen LogP contribution in [-0.4, -0.2) is 6.54 Å². The van der Waals surface area contributed by atoms with Gasteiger partial charge >= 0.3 is 6.18 Å². The number of hydrogen-bond acceptors (Lipinski definition) is 2. The van der Waals surface area contributed by atoms with Gasteiger partial charge in [0.1, 0.15) is 5.82 Å². The zero-order valence-electron chi connectivity index (χ0n) is 8.09. The number of hydrogen-bond donors (Lipinski definition) is 2. The molecule has 16 heavy (non-hydrogen) atoms. The summed E-state index contributed by atoms with van der Waals surface area (Å²) in [5, 5.41) is 0. The normalized spacial score (nSPS) is 13.1. The molecule has 1 aromatic rings. The average molecular weight is 259 g/mol. The minimum Gasteiger partial charge on any atom is -0.329 e. The van der Waals surface area contributed by atoms with Crippen LogP contribution in [0, 0.1) is 5.82 Å². The first kappa shape index (κ1) is 15.2. The third-order valence-corrected chi connectivity index (χ3v) is 1.97. The first-order chi connectivity index (χ1) is 6.86. The highest BCUT2D eigenvalue weighted by atomic mass is 35.5. The molecule has 0 heterocycles. The Morgan fingerprint density at radius 3 is 2.25 bits per heavy atom. The number of rotatable bonds is 2. The summed E-state index contributed by atoms with van der Waals surface area (Å²) >= 11 is 0. The zero-order valence-corrected chi connectivity index (χ0v) is 8.91. The smallest absolute Gasteiger partial charge is 0.329 e. The Morgan fingerprint density at radius 2 is 1.81 bits per heavy atom. The highest BCUT2D eigenvalue weighted by Gasteiger charge is 2.34. The second-order valence-electron chi connectivity index (χ2n) is 3.07. The van der Waals surface area contributed by atoms with Gasteiger partial charge < -0.3 is 11.5 Å². The lowest BCUT2D eigenvalue weighted by Crippen LogP contribution is -2.24. The van der Waals surface area contributed by atoms with Crippen LogP contribution < -0.4 is 11.5 Å². The fourth-order valence-corrected chi connectivity index (χ4v) is 1.22. The quantitative estimate of drug-likeness (QED) is 0.799. The minimum atomic E-state index is -4.62. The second-order valence-corrected chi connectivity index (χ2v) is 3.07. The molecular weight excluding hydrogens is 248 g/mol. The molecule has 0 fully saturated rings. The van der Waals surface area contributed by atoms with Crippen LogP contribution in [0.25, 0.3) is 0 Å². The highest BCUT2D eigenvalue weighted by Crippen LogP contribution is 2.34. The van der Waals surface area contributed by atoms with E-state index in [0.717, 1.165) is 12.1 Å². The van der Waals surface area contributed by atoms with E-state index in [-0.39, 0.29) is 24.5 Å². The van der Waals surface area contributed by atoms with Crippen LogP contribution in [0.5, 0.6) is 0 Å². The maximum atomic E-state index is 12.7. The van der Waals surface area contributed by atoms with Crippen LogP contribution in [0.1, 0.15) is 17.2 Å². The van der Waals surface area contributed by atoms with Crippen molar-refractivity contribution >= 4 is 12.4 Å². The lowest BCUT2D eigenvalue weighted by molar-refractivity contribution is -0.138. The molecule has 0 spiro atoms. The standard InChI is InChI=1S/C9H10F4N2.ClH/c10-5-1-2-6(8(15)4-14)7(3-5)9(11,12)13;/h1-3,8H,4,14-15H2;1H/t8-;/m0./s1. The molecule has 0 unspecified atom stereocenters. The van der Waals surface area contributed by atoms with Crippen LogP contribution in [0.3, 0.4) is 0 Å². The summed E-state index contributed by atoms with van der Waals surface area (Å²) in [5.41, 5.74) is 9.31. The molecule has 0 saturated heterocycles. The number of alkyl halides is 3. The Bertz CT molecular complexity index is 354. The lowest BCUT2D eigenvalue weighted by Gasteiger charge is -2.16. The first-order valence-corrected chi connectivity index (χ1v) is 4.18. The molecule has 1 rings (SSSR count). The summed E-state index contributed by atoms with van der Waals surface area (Å²) in [7, 11) is 0. The molecule has 2 nitrogen and oxygen atoms in total. The molecule has 7 heteroatoms.